The predicted octanol–water partition coefficient (Wildman–Crippen LogP) is 8.16. The van der Waals surface area contributed by atoms with Gasteiger partial charge in [0.1, 0.15) is 5.78 Å². The van der Waals surface area contributed by atoms with E-state index in [1.54, 1.807) is 40.7 Å². The average molecular weight is 654 g/mol. The molecule has 1 heterocycles. The fraction of sp³-hybridized carbons (Fsp3) is 0.190. The number of aryl methyl sites for hydroxylation is 2. The summed E-state index contributed by atoms with van der Waals surface area (Å²) in [4.78, 5) is 28.6. The van der Waals surface area contributed by atoms with E-state index >= 15 is 0 Å². The topological polar surface area (TPSA) is 71.5 Å². The number of hydrogen-bond donors (Lipinski definition) is 0. The van der Waals surface area contributed by atoms with E-state index in [1.165, 1.54) is 0 Å². The fourth-order valence-electron chi connectivity index (χ4n) is 6.62. The van der Waals surface area contributed by atoms with Crippen LogP contribution < -0.4 is 0 Å². The summed E-state index contributed by atoms with van der Waals surface area (Å²) in [5, 5.41) is 0. The maximum Gasteiger partial charge on any atom is 0.243 e. The van der Waals surface area contributed by atoms with Gasteiger partial charge in [-0.3, -0.25) is 9.59 Å². The highest BCUT2D eigenvalue weighted by molar-refractivity contribution is 7.89. The van der Waals surface area contributed by atoms with Crippen LogP contribution in [0.4, 0.5) is 0 Å². The largest absolute Gasteiger partial charge is 0.300 e. The molecule has 48 heavy (non-hydrogen) atoms. The first-order chi connectivity index (χ1) is 23.3. The van der Waals surface area contributed by atoms with E-state index in [0.29, 0.717) is 36.0 Å². The molecule has 5 nitrogen and oxygen atoms in total. The van der Waals surface area contributed by atoms with E-state index in [2.05, 4.69) is 0 Å². The molecule has 5 aromatic carbocycles. The Morgan fingerprint density at radius 2 is 1.23 bits per heavy atom. The highest BCUT2D eigenvalue weighted by Gasteiger charge is 2.44. The highest BCUT2D eigenvalue weighted by atomic mass is 32.2. The van der Waals surface area contributed by atoms with E-state index < -0.39 is 22.0 Å². The summed E-state index contributed by atoms with van der Waals surface area (Å²) in [6.07, 6.45) is 1.28. The van der Waals surface area contributed by atoms with E-state index in [9.17, 15) is 18.0 Å². The molecule has 0 unspecified atom stereocenters. The number of hydrogen-bond acceptors (Lipinski definition) is 4. The third kappa shape index (κ3) is 7.46. The van der Waals surface area contributed by atoms with Gasteiger partial charge >= 0.3 is 0 Å². The van der Waals surface area contributed by atoms with E-state index in [1.807, 2.05) is 116 Å². The second-order valence-corrected chi connectivity index (χ2v) is 14.3. The Morgan fingerprint density at radius 3 is 1.83 bits per heavy atom. The number of sulfonamides is 1. The van der Waals surface area contributed by atoms with Crippen molar-refractivity contribution in [3.05, 3.63) is 179 Å². The van der Waals surface area contributed by atoms with Gasteiger partial charge in [0.05, 0.1) is 10.9 Å². The van der Waals surface area contributed by atoms with Crippen LogP contribution in [0.5, 0.6) is 0 Å². The van der Waals surface area contributed by atoms with Crippen molar-refractivity contribution in [2.24, 2.45) is 5.92 Å². The summed E-state index contributed by atoms with van der Waals surface area (Å²) >= 11 is 0. The van der Waals surface area contributed by atoms with Crippen LogP contribution in [0.1, 0.15) is 45.5 Å². The summed E-state index contributed by atoms with van der Waals surface area (Å²) in [6, 6.07) is 44.5. The number of carbonyl (C=O) groups excluding carboxylic acids is 2. The van der Waals surface area contributed by atoms with Crippen LogP contribution in [-0.2, 0) is 27.7 Å². The van der Waals surface area contributed by atoms with Gasteiger partial charge < -0.3 is 0 Å². The summed E-state index contributed by atoms with van der Waals surface area (Å²) in [5.74, 6) is -0.840. The van der Waals surface area contributed by atoms with E-state index in [4.69, 9.17) is 0 Å². The lowest BCUT2D eigenvalue weighted by atomic mass is 9.76. The number of rotatable bonds is 12. The van der Waals surface area contributed by atoms with Crippen molar-refractivity contribution in [1.82, 2.24) is 4.31 Å². The molecule has 0 bridgehead atoms. The van der Waals surface area contributed by atoms with Gasteiger partial charge in [0, 0.05) is 36.4 Å². The Kier molecular flexibility index (Phi) is 10.2. The monoisotopic (exact) mass is 653 g/mol. The van der Waals surface area contributed by atoms with Crippen molar-refractivity contribution in [2.75, 3.05) is 6.54 Å². The highest BCUT2D eigenvalue weighted by Crippen LogP contribution is 2.42. The Bertz CT molecular complexity index is 1990. The standard InChI is InChI=1S/C42H39NO4S/c1-31-22-26-38(27-23-31)48(46,47)43-30-36(29-37(44)25-24-32-14-6-2-7-15-32)41(42(45)35-20-12-5-13-21-35)40(34-18-10-4-11-19-34)39(43)28-33-16-8-3-9-17-33/h2-23,26-27,36,39H,24-25,28-30H2,1H3/t36-,39-/m0/s1. The third-order valence-corrected chi connectivity index (χ3v) is 10.9. The summed E-state index contributed by atoms with van der Waals surface area (Å²) < 4.78 is 30.9. The Hall–Kier alpha value is -4.91. The van der Waals surface area contributed by atoms with Gasteiger partial charge in [-0.1, -0.05) is 139 Å². The van der Waals surface area contributed by atoms with Crippen LogP contribution in [0.25, 0.3) is 5.57 Å². The Labute approximate surface area is 283 Å². The van der Waals surface area contributed by atoms with Crippen molar-refractivity contribution >= 4 is 27.2 Å². The first kappa shape index (κ1) is 33.0. The smallest absolute Gasteiger partial charge is 0.243 e. The van der Waals surface area contributed by atoms with Crippen molar-refractivity contribution in [3.8, 4) is 0 Å². The molecule has 242 valence electrons. The summed E-state index contributed by atoms with van der Waals surface area (Å²) in [6.45, 7) is 1.93. The molecule has 0 N–H and O–H groups in total. The van der Waals surface area contributed by atoms with Crippen LogP contribution in [0, 0.1) is 12.8 Å². The zero-order valence-electron chi connectivity index (χ0n) is 27.0. The maximum atomic E-state index is 14.7. The molecule has 0 fully saturated rings. The van der Waals surface area contributed by atoms with Gasteiger partial charge in [0.15, 0.2) is 5.78 Å². The van der Waals surface area contributed by atoms with E-state index in [-0.39, 0.29) is 29.4 Å². The molecule has 6 heteroatoms. The molecule has 0 saturated carbocycles. The summed E-state index contributed by atoms with van der Waals surface area (Å²) in [7, 11) is -4.05. The second kappa shape index (κ2) is 14.9. The molecule has 1 aliphatic rings. The minimum atomic E-state index is -4.05. The van der Waals surface area contributed by atoms with Gasteiger partial charge in [0.2, 0.25) is 10.0 Å². The van der Waals surface area contributed by atoms with Gasteiger partial charge in [-0.2, -0.15) is 4.31 Å². The molecule has 5 aromatic rings. The number of carbonyl (C=O) groups is 2. The van der Waals surface area contributed by atoms with Crippen LogP contribution in [-0.4, -0.2) is 36.9 Å². The predicted molar refractivity (Wildman–Crippen MR) is 191 cm³/mol. The number of ketones is 2. The minimum absolute atomic E-state index is 0.00896. The molecule has 0 radical (unpaired) electrons. The fourth-order valence-corrected chi connectivity index (χ4v) is 8.26. The van der Waals surface area contributed by atoms with Crippen LogP contribution in [0.3, 0.4) is 0 Å². The quantitative estimate of drug-likeness (QED) is 0.127. The molecule has 2 atom stereocenters. The first-order valence-corrected chi connectivity index (χ1v) is 17.8. The normalized spacial score (nSPS) is 16.9. The molecule has 0 saturated heterocycles. The van der Waals surface area contributed by atoms with Gasteiger partial charge in [-0.25, -0.2) is 8.42 Å². The van der Waals surface area contributed by atoms with Gasteiger partial charge in [-0.15, -0.1) is 0 Å². The second-order valence-electron chi connectivity index (χ2n) is 12.4. The zero-order chi connectivity index (χ0) is 33.5. The molecule has 0 spiro atoms. The number of nitrogens with zero attached hydrogens (tertiary/aromatic N) is 1. The molecule has 6 rings (SSSR count). The third-order valence-electron chi connectivity index (χ3n) is 9.05. The van der Waals surface area contributed by atoms with Gasteiger partial charge in [0.25, 0.3) is 0 Å². The SMILES string of the molecule is Cc1ccc(S(=O)(=O)N2C[C@H](CC(=O)CCc3ccccc3)C(C(=O)c3ccccc3)=C(c3ccccc3)[C@@H]2Cc2ccccc2)cc1. The average Bonchev–Trinajstić information content (AvgIpc) is 3.12. The molecule has 0 amide bonds. The lowest BCUT2D eigenvalue weighted by Gasteiger charge is -2.42. The lowest BCUT2D eigenvalue weighted by Crippen LogP contribution is -2.50. The zero-order valence-corrected chi connectivity index (χ0v) is 27.9. The van der Waals surface area contributed by atoms with Crippen molar-refractivity contribution < 1.29 is 18.0 Å². The van der Waals surface area contributed by atoms with Crippen molar-refractivity contribution in [2.45, 2.75) is 43.5 Å². The lowest BCUT2D eigenvalue weighted by molar-refractivity contribution is -0.119. The molecule has 0 aromatic heterocycles. The first-order valence-electron chi connectivity index (χ1n) is 16.4. The van der Waals surface area contributed by atoms with Crippen molar-refractivity contribution in [1.29, 1.82) is 0 Å². The van der Waals surface area contributed by atoms with Crippen LogP contribution in [0.2, 0.25) is 0 Å². The molecule has 0 aliphatic carbocycles. The summed E-state index contributed by atoms with van der Waals surface area (Å²) in [5.41, 5.74) is 5.40. The molecular formula is C42H39NO4S. The van der Waals surface area contributed by atoms with Crippen LogP contribution >= 0.6 is 0 Å². The molecule has 1 aliphatic heterocycles. The number of Topliss-reactive ketones (excluding diaryl/α,β-unsaturated/α-hetero) is 2. The maximum absolute atomic E-state index is 14.7. The van der Waals surface area contributed by atoms with Crippen LogP contribution in [0.15, 0.2) is 156 Å². The Morgan fingerprint density at radius 1 is 0.688 bits per heavy atom. The number of benzene rings is 5. The minimum Gasteiger partial charge on any atom is -0.300 e. The molecular weight excluding hydrogens is 615 g/mol. The van der Waals surface area contributed by atoms with Gasteiger partial charge in [-0.05, 0) is 54.2 Å². The van der Waals surface area contributed by atoms with Crippen molar-refractivity contribution in [3.63, 3.8) is 0 Å². The van der Waals surface area contributed by atoms with E-state index in [0.717, 1.165) is 22.3 Å². The Balaban J connectivity index is 1.53.